The Bertz CT molecular complexity index is 778. The summed E-state index contributed by atoms with van der Waals surface area (Å²) < 4.78 is 0. The van der Waals surface area contributed by atoms with Crippen LogP contribution in [0.1, 0.15) is 32.1 Å². The number of rotatable bonds is 19. The van der Waals surface area contributed by atoms with E-state index in [1.54, 1.807) is 76.0 Å². The predicted octanol–water partition coefficient (Wildman–Crippen LogP) is -0.585. The molecule has 41 heavy (non-hydrogen) atoms. The van der Waals surface area contributed by atoms with E-state index in [0.717, 1.165) is 19.6 Å². The average Bonchev–Trinajstić information content (AvgIpc) is 2.91. The number of nitrogens with zero attached hydrogens (tertiary/aromatic N) is 7. The normalized spacial score (nSPS) is 14.0. The first-order chi connectivity index (χ1) is 19.3. The van der Waals surface area contributed by atoms with E-state index in [1.807, 2.05) is 4.90 Å². The number of hydrogen-bond donors (Lipinski definition) is 1. The van der Waals surface area contributed by atoms with E-state index in [2.05, 4.69) is 15.1 Å². The van der Waals surface area contributed by atoms with E-state index in [-0.39, 0.29) is 43.3 Å². The first-order valence-corrected chi connectivity index (χ1v) is 15.0. The lowest BCUT2D eigenvalue weighted by atomic mass is 9.89. The molecule has 0 aromatic heterocycles. The Morgan fingerprint density at radius 3 is 1.41 bits per heavy atom. The molecule has 12 heteroatoms. The van der Waals surface area contributed by atoms with Crippen molar-refractivity contribution in [3.63, 3.8) is 0 Å². The summed E-state index contributed by atoms with van der Waals surface area (Å²) in [5.74, 6) is 0.649. The second-order valence-corrected chi connectivity index (χ2v) is 12.1. The van der Waals surface area contributed by atoms with Crippen molar-refractivity contribution in [3.05, 3.63) is 0 Å². The Kier molecular flexibility index (Phi) is 17.7. The minimum Gasteiger partial charge on any atom is -0.348 e. The van der Waals surface area contributed by atoms with Crippen LogP contribution in [0.15, 0.2) is 0 Å². The molecular weight excluding hydrogens is 524 g/mol. The minimum atomic E-state index is -0.0483. The number of carbonyl (C=O) groups excluding carboxylic acids is 4. The predicted molar refractivity (Wildman–Crippen MR) is 164 cm³/mol. The molecule has 0 heterocycles. The first-order valence-electron chi connectivity index (χ1n) is 15.0. The quantitative estimate of drug-likeness (QED) is 0.202. The Hall–Kier alpha value is -2.28. The molecule has 1 aliphatic rings. The second-order valence-electron chi connectivity index (χ2n) is 12.1. The van der Waals surface area contributed by atoms with Gasteiger partial charge in [-0.25, -0.2) is 0 Å². The van der Waals surface area contributed by atoms with Gasteiger partial charge in [-0.1, -0.05) is 19.3 Å². The zero-order valence-electron chi connectivity index (χ0n) is 27.2. The van der Waals surface area contributed by atoms with Gasteiger partial charge in [0.15, 0.2) is 0 Å². The molecular formula is C29H58N8O4. The van der Waals surface area contributed by atoms with Crippen molar-refractivity contribution in [2.45, 2.75) is 32.1 Å². The van der Waals surface area contributed by atoms with E-state index >= 15 is 0 Å². The summed E-state index contributed by atoms with van der Waals surface area (Å²) in [4.78, 5) is 62.4. The molecule has 1 rings (SSSR count). The van der Waals surface area contributed by atoms with Gasteiger partial charge in [-0.15, -0.1) is 0 Å². The van der Waals surface area contributed by atoms with Crippen LogP contribution in [0.4, 0.5) is 0 Å². The molecule has 1 saturated carbocycles. The first kappa shape index (κ1) is 36.7. The third-order valence-electron chi connectivity index (χ3n) is 7.66. The molecule has 0 spiro atoms. The van der Waals surface area contributed by atoms with E-state index in [0.29, 0.717) is 38.6 Å². The van der Waals surface area contributed by atoms with Gasteiger partial charge in [-0.05, 0) is 18.8 Å². The van der Waals surface area contributed by atoms with Crippen LogP contribution in [-0.4, -0.2) is 186 Å². The van der Waals surface area contributed by atoms with Gasteiger partial charge in [0.25, 0.3) is 0 Å². The molecule has 0 unspecified atom stereocenters. The van der Waals surface area contributed by atoms with Gasteiger partial charge < -0.3 is 24.9 Å². The molecule has 238 valence electrons. The molecule has 12 nitrogen and oxygen atoms in total. The van der Waals surface area contributed by atoms with Crippen LogP contribution in [0.25, 0.3) is 0 Å². The summed E-state index contributed by atoms with van der Waals surface area (Å²) in [5.41, 5.74) is 0. The summed E-state index contributed by atoms with van der Waals surface area (Å²) in [6, 6.07) is 0. The Balaban J connectivity index is 2.93. The monoisotopic (exact) mass is 582 g/mol. The molecule has 0 aromatic rings. The molecule has 0 radical (unpaired) electrons. The van der Waals surface area contributed by atoms with Crippen LogP contribution in [0.5, 0.6) is 0 Å². The highest BCUT2D eigenvalue weighted by molar-refractivity contribution is 5.81. The highest BCUT2D eigenvalue weighted by atomic mass is 16.2. The molecule has 1 fully saturated rings. The maximum atomic E-state index is 12.6. The third kappa shape index (κ3) is 16.1. The molecule has 1 N–H and O–H groups in total. The summed E-state index contributed by atoms with van der Waals surface area (Å²) in [6.07, 6.45) is 6.25. The van der Waals surface area contributed by atoms with Crippen molar-refractivity contribution in [3.8, 4) is 0 Å². The minimum absolute atomic E-state index is 0.0213. The smallest absolute Gasteiger partial charge is 0.236 e. The standard InChI is InChI=1S/C29H58N8O4/c1-31(2)26(38)20-30-14-15-35(17-19-37(23-28(40)33(5)6)24-29(41)34(7)8)16-18-36(22-27(39)32(3)4)21-25-12-10-9-11-13-25/h25,30H,9-24H2,1-8H3. The molecule has 0 aromatic carbocycles. The Morgan fingerprint density at radius 2 is 0.951 bits per heavy atom. The van der Waals surface area contributed by atoms with Crippen LogP contribution in [0.3, 0.4) is 0 Å². The average molecular weight is 583 g/mol. The van der Waals surface area contributed by atoms with Gasteiger partial charge in [-0.3, -0.25) is 33.9 Å². The van der Waals surface area contributed by atoms with Crippen LogP contribution in [0.2, 0.25) is 0 Å². The lowest BCUT2D eigenvalue weighted by Crippen LogP contribution is -2.48. The fourth-order valence-electron chi connectivity index (χ4n) is 4.67. The zero-order valence-corrected chi connectivity index (χ0v) is 27.2. The number of carbonyl (C=O) groups is 4. The number of nitrogens with one attached hydrogen (secondary N) is 1. The van der Waals surface area contributed by atoms with E-state index in [9.17, 15) is 19.2 Å². The van der Waals surface area contributed by atoms with Crippen molar-refractivity contribution in [2.75, 3.05) is 128 Å². The maximum absolute atomic E-state index is 12.6. The fourth-order valence-corrected chi connectivity index (χ4v) is 4.67. The van der Waals surface area contributed by atoms with Gasteiger partial charge in [0, 0.05) is 102 Å². The van der Waals surface area contributed by atoms with Crippen LogP contribution in [0, 0.1) is 5.92 Å². The van der Waals surface area contributed by atoms with Gasteiger partial charge >= 0.3 is 0 Å². The van der Waals surface area contributed by atoms with Crippen molar-refractivity contribution in [2.24, 2.45) is 5.92 Å². The lowest BCUT2D eigenvalue weighted by molar-refractivity contribution is -0.133. The largest absolute Gasteiger partial charge is 0.348 e. The summed E-state index contributed by atoms with van der Waals surface area (Å²) in [7, 11) is 14.0. The van der Waals surface area contributed by atoms with Gasteiger partial charge in [0.2, 0.25) is 23.6 Å². The number of amides is 4. The molecule has 0 aliphatic heterocycles. The summed E-state index contributed by atoms with van der Waals surface area (Å²) >= 11 is 0. The SMILES string of the molecule is CN(C)C(=O)CNCCN(CCN(CC(=O)N(C)C)CC(=O)N(C)C)CCN(CC(=O)N(C)C)CC1CCCCC1. The van der Waals surface area contributed by atoms with E-state index in [1.165, 1.54) is 32.1 Å². The lowest BCUT2D eigenvalue weighted by Gasteiger charge is -2.33. The second kappa shape index (κ2) is 19.8. The molecule has 4 amide bonds. The number of hydrogen-bond acceptors (Lipinski definition) is 8. The van der Waals surface area contributed by atoms with Crippen molar-refractivity contribution in [1.82, 2.24) is 39.6 Å². The summed E-state index contributed by atoms with van der Waals surface area (Å²) in [6.45, 7) is 5.96. The van der Waals surface area contributed by atoms with Crippen LogP contribution >= 0.6 is 0 Å². The molecule has 1 aliphatic carbocycles. The van der Waals surface area contributed by atoms with Crippen molar-refractivity contribution >= 4 is 23.6 Å². The van der Waals surface area contributed by atoms with Gasteiger partial charge in [-0.2, -0.15) is 0 Å². The Morgan fingerprint density at radius 1 is 0.537 bits per heavy atom. The highest BCUT2D eigenvalue weighted by Crippen LogP contribution is 2.24. The highest BCUT2D eigenvalue weighted by Gasteiger charge is 2.22. The fraction of sp³-hybridized carbons (Fsp3) is 0.862. The summed E-state index contributed by atoms with van der Waals surface area (Å²) in [5, 5.41) is 3.24. The Labute approximate surface area is 248 Å². The van der Waals surface area contributed by atoms with E-state index < -0.39 is 0 Å². The number of likely N-dealkylation sites (N-methyl/N-ethyl adjacent to an activating group) is 4. The van der Waals surface area contributed by atoms with Gasteiger partial charge in [0.05, 0.1) is 26.2 Å². The van der Waals surface area contributed by atoms with Gasteiger partial charge in [0.1, 0.15) is 0 Å². The molecule has 0 bridgehead atoms. The molecule has 0 saturated heterocycles. The van der Waals surface area contributed by atoms with Crippen molar-refractivity contribution < 1.29 is 19.2 Å². The zero-order chi connectivity index (χ0) is 30.9. The third-order valence-corrected chi connectivity index (χ3v) is 7.66. The topological polar surface area (TPSA) is 103 Å². The van der Waals surface area contributed by atoms with E-state index in [4.69, 9.17) is 0 Å². The molecule has 0 atom stereocenters. The van der Waals surface area contributed by atoms with Crippen LogP contribution < -0.4 is 5.32 Å². The van der Waals surface area contributed by atoms with Crippen molar-refractivity contribution in [1.29, 1.82) is 0 Å². The maximum Gasteiger partial charge on any atom is 0.236 e. The van der Waals surface area contributed by atoms with Crippen LogP contribution in [-0.2, 0) is 19.2 Å².